The number of rotatable bonds is 3. The van der Waals surface area contributed by atoms with Crippen LogP contribution in [0.3, 0.4) is 0 Å². The van der Waals surface area contributed by atoms with Crippen molar-refractivity contribution in [2.24, 2.45) is 10.9 Å². The molecular weight excluding hydrogens is 302 g/mol. The molecule has 2 aromatic rings. The highest BCUT2D eigenvalue weighted by Gasteiger charge is 2.28. The molecule has 0 aliphatic carbocycles. The molecule has 24 heavy (non-hydrogen) atoms. The van der Waals surface area contributed by atoms with Gasteiger partial charge in [-0.25, -0.2) is 0 Å². The first kappa shape index (κ1) is 15.1. The third kappa shape index (κ3) is 2.55. The Kier molecular flexibility index (Phi) is 3.94. The van der Waals surface area contributed by atoms with E-state index < -0.39 is 0 Å². The molecule has 1 saturated heterocycles. The van der Waals surface area contributed by atoms with Gasteiger partial charge < -0.3 is 15.2 Å². The van der Waals surface area contributed by atoms with E-state index in [4.69, 9.17) is 9.73 Å². The Hall–Kier alpha value is -2.40. The molecule has 0 saturated carbocycles. The molecule has 1 fully saturated rings. The van der Waals surface area contributed by atoms with Gasteiger partial charge in [-0.3, -0.25) is 9.98 Å². The van der Waals surface area contributed by atoms with Crippen LogP contribution in [0.5, 0.6) is 11.5 Å². The Morgan fingerprint density at radius 2 is 2.04 bits per heavy atom. The van der Waals surface area contributed by atoms with Crippen molar-refractivity contribution in [3.8, 4) is 22.6 Å². The normalized spacial score (nSPS) is 17.5. The van der Waals surface area contributed by atoms with E-state index in [1.165, 1.54) is 11.3 Å². The van der Waals surface area contributed by atoms with Gasteiger partial charge in [-0.15, -0.1) is 0 Å². The number of aliphatic imine (C=N–C) groups is 1. The molecule has 0 atom stereocenters. The molecule has 2 aliphatic rings. The summed E-state index contributed by atoms with van der Waals surface area (Å²) >= 11 is 0. The smallest absolute Gasteiger partial charge is 0.161 e. The van der Waals surface area contributed by atoms with E-state index in [0.29, 0.717) is 18.2 Å². The highest BCUT2D eigenvalue weighted by Crippen LogP contribution is 2.37. The van der Waals surface area contributed by atoms with Crippen LogP contribution in [0.4, 0.5) is 0 Å². The van der Waals surface area contributed by atoms with E-state index in [1.807, 2.05) is 24.4 Å². The highest BCUT2D eigenvalue weighted by atomic mass is 16.5. The third-order valence-corrected chi connectivity index (χ3v) is 4.90. The molecule has 0 unspecified atom stereocenters. The number of hydrogen-bond donors (Lipinski definition) is 2. The second-order valence-corrected chi connectivity index (χ2v) is 6.29. The molecule has 0 amide bonds. The van der Waals surface area contributed by atoms with Gasteiger partial charge in [-0.1, -0.05) is 6.07 Å². The van der Waals surface area contributed by atoms with Gasteiger partial charge in [0.15, 0.2) is 11.5 Å². The number of nitrogens with zero attached hydrogens (tertiary/aromatic N) is 2. The summed E-state index contributed by atoms with van der Waals surface area (Å²) in [6.07, 6.45) is 4.07. The second kappa shape index (κ2) is 6.24. The zero-order valence-corrected chi connectivity index (χ0v) is 13.7. The SMILES string of the molecule is COc1cc(-c2ccnc3c2C(C2CCNCC2)=NC3)ccc1O. The summed E-state index contributed by atoms with van der Waals surface area (Å²) in [6.45, 7) is 2.75. The van der Waals surface area contributed by atoms with Crippen molar-refractivity contribution in [2.45, 2.75) is 19.4 Å². The standard InChI is InChI=1S/C19H21N3O2/c1-24-17-10-13(2-3-16(17)23)14-6-9-21-15-11-22-19(18(14)15)12-4-7-20-8-5-12/h2-3,6,9-10,12,20,23H,4-5,7-8,11H2,1H3. The summed E-state index contributed by atoms with van der Waals surface area (Å²) < 4.78 is 5.27. The number of fused-ring (bicyclic) bond motifs is 1. The number of pyridine rings is 1. The highest BCUT2D eigenvalue weighted by molar-refractivity contribution is 6.09. The molecule has 0 bridgehead atoms. The lowest BCUT2D eigenvalue weighted by molar-refractivity contribution is 0.373. The minimum absolute atomic E-state index is 0.152. The van der Waals surface area contributed by atoms with Crippen molar-refractivity contribution in [1.82, 2.24) is 10.3 Å². The molecule has 1 aromatic carbocycles. The van der Waals surface area contributed by atoms with Gasteiger partial charge in [0, 0.05) is 23.4 Å². The Morgan fingerprint density at radius 3 is 2.83 bits per heavy atom. The van der Waals surface area contributed by atoms with Crippen LogP contribution in [0.15, 0.2) is 35.5 Å². The van der Waals surface area contributed by atoms with Crippen LogP contribution in [0.25, 0.3) is 11.1 Å². The number of nitrogens with one attached hydrogen (secondary N) is 1. The molecule has 2 aliphatic heterocycles. The number of phenolic OH excluding ortho intramolecular Hbond substituents is 1. The van der Waals surface area contributed by atoms with Crippen molar-refractivity contribution in [1.29, 1.82) is 0 Å². The van der Waals surface area contributed by atoms with Gasteiger partial charge in [0.1, 0.15) is 0 Å². The van der Waals surface area contributed by atoms with Crippen LogP contribution in [0.1, 0.15) is 24.1 Å². The van der Waals surface area contributed by atoms with Gasteiger partial charge in [0.2, 0.25) is 0 Å². The lowest BCUT2D eigenvalue weighted by Gasteiger charge is -2.24. The van der Waals surface area contributed by atoms with Gasteiger partial charge in [-0.05, 0) is 55.3 Å². The van der Waals surface area contributed by atoms with Crippen LogP contribution >= 0.6 is 0 Å². The minimum Gasteiger partial charge on any atom is -0.504 e. The minimum atomic E-state index is 0.152. The first-order valence-electron chi connectivity index (χ1n) is 8.38. The first-order valence-corrected chi connectivity index (χ1v) is 8.38. The number of aromatic nitrogens is 1. The summed E-state index contributed by atoms with van der Waals surface area (Å²) in [6, 6.07) is 7.51. The largest absolute Gasteiger partial charge is 0.504 e. The van der Waals surface area contributed by atoms with Crippen LogP contribution < -0.4 is 10.1 Å². The predicted octanol–water partition coefficient (Wildman–Crippen LogP) is 2.77. The number of piperidine rings is 1. The number of aromatic hydroxyl groups is 1. The van der Waals surface area contributed by atoms with Crippen molar-refractivity contribution < 1.29 is 9.84 Å². The molecule has 5 heteroatoms. The van der Waals surface area contributed by atoms with E-state index >= 15 is 0 Å². The van der Waals surface area contributed by atoms with Crippen molar-refractivity contribution in [2.75, 3.05) is 20.2 Å². The number of ether oxygens (including phenoxy) is 1. The average molecular weight is 323 g/mol. The lowest BCUT2D eigenvalue weighted by atomic mass is 9.86. The van der Waals surface area contributed by atoms with Crippen LogP contribution in [0.2, 0.25) is 0 Å². The fraction of sp³-hybridized carbons (Fsp3) is 0.368. The lowest BCUT2D eigenvalue weighted by Crippen LogP contribution is -2.32. The van der Waals surface area contributed by atoms with E-state index in [0.717, 1.165) is 42.8 Å². The monoisotopic (exact) mass is 323 g/mol. The quantitative estimate of drug-likeness (QED) is 0.911. The maximum absolute atomic E-state index is 9.86. The summed E-state index contributed by atoms with van der Waals surface area (Å²) in [7, 11) is 1.57. The van der Waals surface area contributed by atoms with Gasteiger partial charge in [-0.2, -0.15) is 0 Å². The Bertz CT molecular complexity index is 795. The van der Waals surface area contributed by atoms with E-state index in [2.05, 4.69) is 10.3 Å². The second-order valence-electron chi connectivity index (χ2n) is 6.29. The molecule has 124 valence electrons. The first-order chi connectivity index (χ1) is 11.8. The number of methoxy groups -OCH3 is 1. The molecule has 5 nitrogen and oxygen atoms in total. The van der Waals surface area contributed by atoms with Crippen LogP contribution in [-0.2, 0) is 6.54 Å². The number of phenols is 1. The molecule has 2 N–H and O–H groups in total. The Balaban J connectivity index is 1.79. The van der Waals surface area contributed by atoms with E-state index in [9.17, 15) is 5.11 Å². The summed E-state index contributed by atoms with van der Waals surface area (Å²) in [5, 5.41) is 13.3. The van der Waals surface area contributed by atoms with Gasteiger partial charge in [0.05, 0.1) is 19.3 Å². The van der Waals surface area contributed by atoms with Crippen molar-refractivity contribution in [3.05, 3.63) is 41.7 Å². The fourth-order valence-electron chi connectivity index (χ4n) is 3.66. The summed E-state index contributed by atoms with van der Waals surface area (Å²) in [5.41, 5.74) is 5.56. The number of hydrogen-bond acceptors (Lipinski definition) is 5. The van der Waals surface area contributed by atoms with E-state index in [1.54, 1.807) is 13.2 Å². The molecule has 1 aromatic heterocycles. The fourth-order valence-corrected chi connectivity index (χ4v) is 3.66. The average Bonchev–Trinajstić information content (AvgIpc) is 3.07. The predicted molar refractivity (Wildman–Crippen MR) is 93.7 cm³/mol. The number of benzene rings is 1. The summed E-state index contributed by atoms with van der Waals surface area (Å²) in [4.78, 5) is 9.36. The van der Waals surface area contributed by atoms with Crippen LogP contribution in [0, 0.1) is 5.92 Å². The van der Waals surface area contributed by atoms with E-state index in [-0.39, 0.29) is 5.75 Å². The van der Waals surface area contributed by atoms with Gasteiger partial charge in [0.25, 0.3) is 0 Å². The molecular formula is C19H21N3O2. The van der Waals surface area contributed by atoms with Crippen molar-refractivity contribution in [3.63, 3.8) is 0 Å². The van der Waals surface area contributed by atoms with Crippen molar-refractivity contribution >= 4 is 5.71 Å². The summed E-state index contributed by atoms with van der Waals surface area (Å²) in [5.74, 6) is 1.13. The molecule has 0 radical (unpaired) electrons. The van der Waals surface area contributed by atoms with Gasteiger partial charge >= 0.3 is 0 Å². The molecule has 3 heterocycles. The maximum Gasteiger partial charge on any atom is 0.161 e. The molecule has 0 spiro atoms. The molecule has 4 rings (SSSR count). The zero-order valence-electron chi connectivity index (χ0n) is 13.7. The zero-order chi connectivity index (χ0) is 16.5. The third-order valence-electron chi connectivity index (χ3n) is 4.90. The Labute approximate surface area is 141 Å². The Morgan fingerprint density at radius 1 is 1.21 bits per heavy atom. The van der Waals surface area contributed by atoms with Crippen LogP contribution in [-0.4, -0.2) is 36.0 Å². The topological polar surface area (TPSA) is 66.7 Å². The maximum atomic E-state index is 9.86.